The second kappa shape index (κ2) is 5.76. The van der Waals surface area contributed by atoms with Crippen molar-refractivity contribution in [2.75, 3.05) is 13.1 Å². The zero-order valence-corrected chi connectivity index (χ0v) is 12.7. The van der Waals surface area contributed by atoms with E-state index < -0.39 is 0 Å². The van der Waals surface area contributed by atoms with Crippen molar-refractivity contribution in [3.8, 4) is 11.4 Å². The lowest BCUT2D eigenvalue weighted by atomic mass is 9.97. The predicted octanol–water partition coefficient (Wildman–Crippen LogP) is 2.99. The number of hydrogen-bond donors (Lipinski definition) is 0. The van der Waals surface area contributed by atoms with Gasteiger partial charge < -0.3 is 9.42 Å². The Hall–Kier alpha value is -2.24. The first kappa shape index (κ1) is 14.4. The number of carbonyl (C=O) groups excluding carboxylic acids is 1. The number of nitrogens with zero attached hydrogens (tertiary/aromatic N) is 3. The number of amides is 1. The smallest absolute Gasteiger partial charge is 0.231 e. The van der Waals surface area contributed by atoms with Crippen molar-refractivity contribution >= 4 is 5.91 Å². The molecular weight excluding hydrogens is 297 g/mol. The highest BCUT2D eigenvalue weighted by Gasteiger charge is 2.36. The second-order valence-corrected chi connectivity index (χ2v) is 6.36. The van der Waals surface area contributed by atoms with Gasteiger partial charge in [0.15, 0.2) is 0 Å². The number of hydrogen-bond acceptors (Lipinski definition) is 4. The van der Waals surface area contributed by atoms with Crippen LogP contribution in [0.15, 0.2) is 28.8 Å². The Balaban J connectivity index is 1.49. The summed E-state index contributed by atoms with van der Waals surface area (Å²) in [5, 5.41) is 4.00. The lowest BCUT2D eigenvalue weighted by molar-refractivity contribution is -0.133. The summed E-state index contributed by atoms with van der Waals surface area (Å²) in [4.78, 5) is 18.6. The fourth-order valence-corrected chi connectivity index (χ4v) is 3.08. The third-order valence-corrected chi connectivity index (χ3v) is 4.55. The van der Waals surface area contributed by atoms with E-state index in [1.165, 1.54) is 12.1 Å². The number of rotatable bonds is 3. The minimum Gasteiger partial charge on any atom is -0.342 e. The average molecular weight is 315 g/mol. The molecule has 120 valence electrons. The van der Waals surface area contributed by atoms with Crippen LogP contribution in [-0.2, 0) is 4.79 Å². The molecule has 2 aliphatic rings. The van der Waals surface area contributed by atoms with Gasteiger partial charge in [0.05, 0.1) is 5.92 Å². The van der Waals surface area contributed by atoms with Crippen LogP contribution in [0, 0.1) is 11.7 Å². The maximum atomic E-state index is 13.0. The summed E-state index contributed by atoms with van der Waals surface area (Å²) in [6, 6.07) is 6.02. The average Bonchev–Trinajstić information content (AvgIpc) is 3.32. The van der Waals surface area contributed by atoms with Gasteiger partial charge in [-0.1, -0.05) is 5.16 Å². The van der Waals surface area contributed by atoms with Crippen molar-refractivity contribution < 1.29 is 13.7 Å². The molecule has 23 heavy (non-hydrogen) atoms. The highest BCUT2D eigenvalue weighted by Crippen LogP contribution is 2.34. The number of piperidine rings is 1. The van der Waals surface area contributed by atoms with E-state index in [0.717, 1.165) is 37.8 Å². The summed E-state index contributed by atoms with van der Waals surface area (Å²) in [5.41, 5.74) is 0.725. The van der Waals surface area contributed by atoms with Crippen molar-refractivity contribution in [2.24, 2.45) is 5.92 Å². The zero-order chi connectivity index (χ0) is 15.8. The number of aromatic nitrogens is 2. The van der Waals surface area contributed by atoms with Crippen LogP contribution >= 0.6 is 0 Å². The van der Waals surface area contributed by atoms with E-state index >= 15 is 0 Å². The van der Waals surface area contributed by atoms with Crippen molar-refractivity contribution in [2.45, 2.75) is 31.6 Å². The van der Waals surface area contributed by atoms with Gasteiger partial charge in [0.1, 0.15) is 5.82 Å². The van der Waals surface area contributed by atoms with E-state index in [9.17, 15) is 9.18 Å². The first-order valence-corrected chi connectivity index (χ1v) is 8.09. The van der Waals surface area contributed by atoms with E-state index in [1.54, 1.807) is 12.1 Å². The van der Waals surface area contributed by atoms with Gasteiger partial charge in [-0.3, -0.25) is 4.79 Å². The molecule has 1 saturated heterocycles. The molecule has 1 aromatic heterocycles. The molecule has 6 heteroatoms. The molecule has 2 fully saturated rings. The van der Waals surface area contributed by atoms with Gasteiger partial charge in [-0.15, -0.1) is 0 Å². The SMILES string of the molecule is O=C(C1CC1)N1CCCC(c2nc(-c3ccc(F)cc3)no2)C1. The van der Waals surface area contributed by atoms with E-state index in [1.807, 2.05) is 4.90 Å². The van der Waals surface area contributed by atoms with E-state index in [4.69, 9.17) is 4.52 Å². The molecule has 1 unspecified atom stereocenters. The fourth-order valence-electron chi connectivity index (χ4n) is 3.08. The standard InChI is InChI=1S/C17H18FN3O2/c18-14-7-5-11(6-8-14)15-19-16(23-20-15)13-2-1-9-21(10-13)17(22)12-3-4-12/h5-8,12-13H,1-4,9-10H2. The van der Waals surface area contributed by atoms with Gasteiger partial charge in [0, 0.05) is 24.6 Å². The van der Waals surface area contributed by atoms with Crippen LogP contribution < -0.4 is 0 Å². The number of likely N-dealkylation sites (tertiary alicyclic amines) is 1. The van der Waals surface area contributed by atoms with Crippen molar-refractivity contribution in [1.82, 2.24) is 15.0 Å². The van der Waals surface area contributed by atoms with E-state index in [-0.39, 0.29) is 23.6 Å². The number of carbonyl (C=O) groups is 1. The van der Waals surface area contributed by atoms with Crippen LogP contribution in [-0.4, -0.2) is 34.0 Å². The van der Waals surface area contributed by atoms with Crippen molar-refractivity contribution in [3.63, 3.8) is 0 Å². The Morgan fingerprint density at radius 2 is 2.00 bits per heavy atom. The quantitative estimate of drug-likeness (QED) is 0.873. The number of halogens is 1. The molecule has 0 N–H and O–H groups in total. The Morgan fingerprint density at radius 1 is 1.22 bits per heavy atom. The lowest BCUT2D eigenvalue weighted by Crippen LogP contribution is -2.40. The Morgan fingerprint density at radius 3 is 2.74 bits per heavy atom. The molecule has 1 aliphatic heterocycles. The summed E-state index contributed by atoms with van der Waals surface area (Å²) in [6.07, 6.45) is 3.95. The highest BCUT2D eigenvalue weighted by atomic mass is 19.1. The van der Waals surface area contributed by atoms with Gasteiger partial charge in [0.2, 0.25) is 17.6 Å². The normalized spacial score (nSPS) is 21.4. The Kier molecular flexibility index (Phi) is 3.59. The molecule has 1 saturated carbocycles. The molecule has 2 aromatic rings. The van der Waals surface area contributed by atoms with Gasteiger partial charge in [-0.05, 0) is 49.9 Å². The third kappa shape index (κ3) is 2.98. The molecule has 1 aromatic carbocycles. The van der Waals surface area contributed by atoms with Crippen LogP contribution in [0.4, 0.5) is 4.39 Å². The maximum Gasteiger partial charge on any atom is 0.231 e. The number of benzene rings is 1. The minimum atomic E-state index is -0.293. The highest BCUT2D eigenvalue weighted by molar-refractivity contribution is 5.81. The molecule has 1 aliphatic carbocycles. The van der Waals surface area contributed by atoms with Gasteiger partial charge >= 0.3 is 0 Å². The summed E-state index contributed by atoms with van der Waals surface area (Å²) in [5.74, 6) is 1.34. The predicted molar refractivity (Wildman–Crippen MR) is 81.0 cm³/mol. The van der Waals surface area contributed by atoms with Gasteiger partial charge in [-0.2, -0.15) is 4.98 Å². The summed E-state index contributed by atoms with van der Waals surface area (Å²) in [6.45, 7) is 1.48. The van der Waals surface area contributed by atoms with Crippen LogP contribution in [0.3, 0.4) is 0 Å². The maximum absolute atomic E-state index is 13.0. The van der Waals surface area contributed by atoms with Gasteiger partial charge in [0.25, 0.3) is 0 Å². The van der Waals surface area contributed by atoms with Crippen molar-refractivity contribution in [3.05, 3.63) is 36.0 Å². The molecule has 0 radical (unpaired) electrons. The second-order valence-electron chi connectivity index (χ2n) is 6.36. The molecule has 0 spiro atoms. The summed E-state index contributed by atoms with van der Waals surface area (Å²) in [7, 11) is 0. The van der Waals surface area contributed by atoms with Gasteiger partial charge in [-0.25, -0.2) is 4.39 Å². The molecule has 1 atom stereocenters. The third-order valence-electron chi connectivity index (χ3n) is 4.55. The molecule has 0 bridgehead atoms. The first-order chi connectivity index (χ1) is 11.2. The zero-order valence-electron chi connectivity index (χ0n) is 12.7. The van der Waals surface area contributed by atoms with Crippen molar-refractivity contribution in [1.29, 1.82) is 0 Å². The molecular formula is C17H18FN3O2. The Labute approximate surface area is 133 Å². The van der Waals surface area contributed by atoms with Crippen LogP contribution in [0.5, 0.6) is 0 Å². The van der Waals surface area contributed by atoms with E-state index in [2.05, 4.69) is 10.1 Å². The van der Waals surface area contributed by atoms with Crippen LogP contribution in [0.1, 0.15) is 37.5 Å². The summed E-state index contributed by atoms with van der Waals surface area (Å²) < 4.78 is 18.4. The topological polar surface area (TPSA) is 59.2 Å². The fraction of sp³-hybridized carbons (Fsp3) is 0.471. The molecule has 1 amide bonds. The van der Waals surface area contributed by atoms with E-state index in [0.29, 0.717) is 18.3 Å². The first-order valence-electron chi connectivity index (χ1n) is 8.09. The largest absolute Gasteiger partial charge is 0.342 e. The Bertz CT molecular complexity index is 709. The lowest BCUT2D eigenvalue weighted by Gasteiger charge is -2.31. The molecule has 5 nitrogen and oxygen atoms in total. The minimum absolute atomic E-state index is 0.0909. The molecule has 2 heterocycles. The monoisotopic (exact) mass is 315 g/mol. The van der Waals surface area contributed by atoms with Crippen LogP contribution in [0.2, 0.25) is 0 Å². The summed E-state index contributed by atoms with van der Waals surface area (Å²) >= 11 is 0. The molecule has 4 rings (SSSR count). The van der Waals surface area contributed by atoms with Crippen LogP contribution in [0.25, 0.3) is 11.4 Å².